The normalized spacial score (nSPS) is 25.5. The van der Waals surface area contributed by atoms with Crippen LogP contribution in [-0.4, -0.2) is 59.8 Å². The molecule has 0 aliphatic carbocycles. The summed E-state index contributed by atoms with van der Waals surface area (Å²) in [5, 5.41) is 11.9. The number of amides is 1. The third-order valence-electron chi connectivity index (χ3n) is 4.30. The van der Waals surface area contributed by atoms with E-state index >= 15 is 0 Å². The van der Waals surface area contributed by atoms with E-state index < -0.39 is 12.0 Å². The minimum absolute atomic E-state index is 0.208. The second-order valence-electron chi connectivity index (χ2n) is 5.93. The fourth-order valence-corrected chi connectivity index (χ4v) is 3.10. The monoisotopic (exact) mass is 300 g/mol. The van der Waals surface area contributed by atoms with Gasteiger partial charge in [-0.05, 0) is 46.5 Å². The zero-order valence-corrected chi connectivity index (χ0v) is 13.5. The molecule has 1 amide bonds. The van der Waals surface area contributed by atoms with Gasteiger partial charge in [-0.25, -0.2) is 4.79 Å². The van der Waals surface area contributed by atoms with Crippen molar-refractivity contribution in [3.63, 3.8) is 0 Å². The van der Waals surface area contributed by atoms with Gasteiger partial charge in [0.1, 0.15) is 6.04 Å². The molecule has 0 spiro atoms. The van der Waals surface area contributed by atoms with E-state index in [1.807, 2.05) is 6.92 Å². The maximum Gasteiger partial charge on any atom is 0.326 e. The van der Waals surface area contributed by atoms with E-state index in [-0.39, 0.29) is 11.9 Å². The Balaban J connectivity index is 2.57. The third-order valence-corrected chi connectivity index (χ3v) is 4.30. The van der Waals surface area contributed by atoms with E-state index in [2.05, 4.69) is 24.1 Å². The van der Waals surface area contributed by atoms with Crippen LogP contribution in [0, 0.1) is 0 Å². The largest absolute Gasteiger partial charge is 0.480 e. The van der Waals surface area contributed by atoms with Gasteiger partial charge in [0.05, 0.1) is 6.04 Å². The van der Waals surface area contributed by atoms with Crippen molar-refractivity contribution in [3.8, 4) is 0 Å². The molecule has 0 aromatic heterocycles. The molecule has 0 aromatic carbocycles. The van der Waals surface area contributed by atoms with Gasteiger partial charge in [0.25, 0.3) is 0 Å². The lowest BCUT2D eigenvalue weighted by Crippen LogP contribution is -2.52. The molecule has 1 aliphatic heterocycles. The highest BCUT2D eigenvalue weighted by molar-refractivity contribution is 5.86. The van der Waals surface area contributed by atoms with Gasteiger partial charge in [-0.2, -0.15) is 0 Å². The molecular weight excluding hydrogens is 272 g/mol. The third kappa shape index (κ3) is 4.97. The van der Waals surface area contributed by atoms with Crippen LogP contribution in [0.4, 0.5) is 0 Å². The van der Waals surface area contributed by atoms with Crippen molar-refractivity contribution in [2.75, 3.05) is 13.7 Å². The van der Waals surface area contributed by atoms with E-state index in [9.17, 15) is 14.7 Å². The SMILES string of the molecule is COCCCC(NC(=O)C(C)N1C(C)CCC1C)C(=O)O. The van der Waals surface area contributed by atoms with Crippen LogP contribution in [0.2, 0.25) is 0 Å². The molecule has 4 unspecified atom stereocenters. The van der Waals surface area contributed by atoms with Crippen molar-refractivity contribution in [2.24, 2.45) is 0 Å². The second kappa shape index (κ2) is 8.34. The second-order valence-corrected chi connectivity index (χ2v) is 5.93. The molecule has 1 aliphatic rings. The van der Waals surface area contributed by atoms with E-state index in [1.165, 1.54) is 0 Å². The van der Waals surface area contributed by atoms with Crippen molar-refractivity contribution in [1.29, 1.82) is 0 Å². The lowest BCUT2D eigenvalue weighted by molar-refractivity contribution is -0.143. The van der Waals surface area contributed by atoms with E-state index in [1.54, 1.807) is 7.11 Å². The first-order valence-electron chi connectivity index (χ1n) is 7.68. The first-order chi connectivity index (χ1) is 9.88. The fourth-order valence-electron chi connectivity index (χ4n) is 3.10. The molecule has 0 bridgehead atoms. The van der Waals surface area contributed by atoms with Gasteiger partial charge >= 0.3 is 5.97 Å². The van der Waals surface area contributed by atoms with Gasteiger partial charge in [-0.1, -0.05) is 0 Å². The van der Waals surface area contributed by atoms with Gasteiger partial charge in [-0.15, -0.1) is 0 Å². The van der Waals surface area contributed by atoms with Gasteiger partial charge in [-0.3, -0.25) is 9.69 Å². The fraction of sp³-hybridized carbons (Fsp3) is 0.867. The number of likely N-dealkylation sites (tertiary alicyclic amines) is 1. The van der Waals surface area contributed by atoms with Crippen LogP contribution in [0.15, 0.2) is 0 Å². The number of carbonyl (C=O) groups excluding carboxylic acids is 1. The molecular formula is C15H28N2O4. The molecule has 1 heterocycles. The molecule has 1 fully saturated rings. The number of hydrogen-bond donors (Lipinski definition) is 2. The number of carbonyl (C=O) groups is 2. The molecule has 21 heavy (non-hydrogen) atoms. The Kier molecular flexibility index (Phi) is 7.11. The number of nitrogens with zero attached hydrogens (tertiary/aromatic N) is 1. The lowest BCUT2D eigenvalue weighted by Gasteiger charge is -2.32. The highest BCUT2D eigenvalue weighted by atomic mass is 16.5. The van der Waals surface area contributed by atoms with E-state index in [0.29, 0.717) is 31.5 Å². The van der Waals surface area contributed by atoms with Crippen LogP contribution in [0.5, 0.6) is 0 Å². The highest BCUT2D eigenvalue weighted by Crippen LogP contribution is 2.25. The summed E-state index contributed by atoms with van der Waals surface area (Å²) in [6.07, 6.45) is 3.15. The van der Waals surface area contributed by atoms with Gasteiger partial charge in [0.2, 0.25) is 5.91 Å². The predicted molar refractivity (Wildman–Crippen MR) is 80.1 cm³/mol. The summed E-state index contributed by atoms with van der Waals surface area (Å²) in [5.74, 6) is -1.20. The Morgan fingerprint density at radius 3 is 2.38 bits per heavy atom. The maximum atomic E-state index is 12.3. The van der Waals surface area contributed by atoms with Crippen molar-refractivity contribution >= 4 is 11.9 Å². The molecule has 0 saturated carbocycles. The minimum atomic E-state index is -0.992. The molecule has 1 saturated heterocycles. The summed E-state index contributed by atoms with van der Waals surface area (Å²) < 4.78 is 4.92. The number of ether oxygens (including phenoxy) is 1. The van der Waals surface area contributed by atoms with Crippen LogP contribution >= 0.6 is 0 Å². The number of carboxylic acids is 1. The zero-order chi connectivity index (χ0) is 16.0. The van der Waals surface area contributed by atoms with Crippen molar-refractivity contribution in [2.45, 2.75) is 70.6 Å². The summed E-state index contributed by atoms with van der Waals surface area (Å²) in [7, 11) is 1.58. The number of methoxy groups -OCH3 is 1. The van der Waals surface area contributed by atoms with Crippen molar-refractivity contribution in [3.05, 3.63) is 0 Å². The summed E-state index contributed by atoms with van der Waals surface area (Å²) in [5.41, 5.74) is 0. The summed E-state index contributed by atoms with van der Waals surface area (Å²) >= 11 is 0. The van der Waals surface area contributed by atoms with Crippen LogP contribution in [-0.2, 0) is 14.3 Å². The molecule has 2 N–H and O–H groups in total. The Morgan fingerprint density at radius 1 is 1.33 bits per heavy atom. The van der Waals surface area contributed by atoms with Crippen molar-refractivity contribution in [1.82, 2.24) is 10.2 Å². The summed E-state index contributed by atoms with van der Waals surface area (Å²) in [4.78, 5) is 25.7. The van der Waals surface area contributed by atoms with Crippen LogP contribution < -0.4 is 5.32 Å². The number of carboxylic acid groups (broad SMARTS) is 1. The topological polar surface area (TPSA) is 78.9 Å². The molecule has 0 aromatic rings. The molecule has 6 nitrogen and oxygen atoms in total. The minimum Gasteiger partial charge on any atom is -0.480 e. The van der Waals surface area contributed by atoms with Crippen LogP contribution in [0.3, 0.4) is 0 Å². The highest BCUT2D eigenvalue weighted by Gasteiger charge is 2.35. The number of aliphatic carboxylic acids is 1. The average Bonchev–Trinajstić information content (AvgIpc) is 2.76. The van der Waals surface area contributed by atoms with Crippen molar-refractivity contribution < 1.29 is 19.4 Å². The van der Waals surface area contributed by atoms with E-state index in [4.69, 9.17) is 4.74 Å². The first-order valence-corrected chi connectivity index (χ1v) is 7.68. The smallest absolute Gasteiger partial charge is 0.326 e. The van der Waals surface area contributed by atoms with Crippen LogP contribution in [0.1, 0.15) is 46.5 Å². The van der Waals surface area contributed by atoms with Gasteiger partial charge in [0.15, 0.2) is 0 Å². The Morgan fingerprint density at radius 2 is 1.90 bits per heavy atom. The Labute approximate surface area is 126 Å². The number of hydrogen-bond acceptors (Lipinski definition) is 4. The van der Waals surface area contributed by atoms with Gasteiger partial charge in [0, 0.05) is 25.8 Å². The molecule has 6 heteroatoms. The zero-order valence-electron chi connectivity index (χ0n) is 13.5. The Hall–Kier alpha value is -1.14. The molecule has 1 rings (SSSR count). The Bertz CT molecular complexity index is 352. The first kappa shape index (κ1) is 17.9. The van der Waals surface area contributed by atoms with Gasteiger partial charge < -0.3 is 15.2 Å². The standard InChI is InChI=1S/C15H28N2O4/c1-10-7-8-11(2)17(10)12(3)14(18)16-13(15(19)20)6-5-9-21-4/h10-13H,5-9H2,1-4H3,(H,16,18)(H,19,20). The van der Waals surface area contributed by atoms with Crippen LogP contribution in [0.25, 0.3) is 0 Å². The lowest BCUT2D eigenvalue weighted by atomic mass is 10.1. The summed E-state index contributed by atoms with van der Waals surface area (Å²) in [6.45, 7) is 6.57. The average molecular weight is 300 g/mol. The summed E-state index contributed by atoms with van der Waals surface area (Å²) in [6, 6.07) is -0.430. The maximum absolute atomic E-state index is 12.3. The molecule has 0 radical (unpaired) electrons. The quantitative estimate of drug-likeness (QED) is 0.659. The molecule has 4 atom stereocenters. The predicted octanol–water partition coefficient (Wildman–Crippen LogP) is 1.24. The molecule has 122 valence electrons. The number of rotatable bonds is 8. The number of nitrogens with one attached hydrogen (secondary N) is 1. The van der Waals surface area contributed by atoms with E-state index in [0.717, 1.165) is 12.8 Å².